The Balaban J connectivity index is 1.76. The van der Waals surface area contributed by atoms with Crippen molar-refractivity contribution in [3.8, 4) is 0 Å². The molecule has 0 aromatic heterocycles. The fourth-order valence-corrected chi connectivity index (χ4v) is 2.84. The number of likely N-dealkylation sites (tertiary alicyclic amines) is 1. The molecule has 0 saturated carbocycles. The quantitative estimate of drug-likeness (QED) is 0.690. The van der Waals surface area contributed by atoms with Crippen LogP contribution < -0.4 is 0 Å². The lowest BCUT2D eigenvalue weighted by atomic mass is 10.1. The van der Waals surface area contributed by atoms with Crippen LogP contribution >= 0.6 is 15.9 Å². The number of hydrogen-bond acceptors (Lipinski definition) is 2. The second-order valence-electron chi connectivity index (χ2n) is 4.44. The Kier molecular flexibility index (Phi) is 3.27. The molecular weight excluding hydrogens is 230 g/mol. The predicted molar refractivity (Wildman–Crippen MR) is 57.2 cm³/mol. The van der Waals surface area contributed by atoms with Crippen LogP contribution in [0.1, 0.15) is 13.3 Å². The lowest BCUT2D eigenvalue weighted by Crippen LogP contribution is -2.28. The molecule has 76 valence electrons. The van der Waals surface area contributed by atoms with Gasteiger partial charge in [-0.15, -0.1) is 0 Å². The van der Waals surface area contributed by atoms with Gasteiger partial charge in [0.2, 0.25) is 0 Å². The van der Waals surface area contributed by atoms with Gasteiger partial charge in [-0.3, -0.25) is 0 Å². The minimum Gasteiger partial charge on any atom is -0.381 e. The third-order valence-electron chi connectivity index (χ3n) is 3.14. The van der Waals surface area contributed by atoms with Gasteiger partial charge < -0.3 is 9.64 Å². The van der Waals surface area contributed by atoms with Gasteiger partial charge in [-0.1, -0.05) is 22.9 Å². The van der Waals surface area contributed by atoms with Crippen LogP contribution in [0.2, 0.25) is 0 Å². The minimum absolute atomic E-state index is 0.704. The second kappa shape index (κ2) is 4.28. The molecular formula is C10H18BrNO. The SMILES string of the molecule is CC1CN(CC2CCOC2)CC1Br. The molecule has 0 aromatic rings. The number of alkyl halides is 1. The summed E-state index contributed by atoms with van der Waals surface area (Å²) in [6.45, 7) is 8.00. The summed E-state index contributed by atoms with van der Waals surface area (Å²) in [7, 11) is 0. The lowest BCUT2D eigenvalue weighted by molar-refractivity contribution is 0.173. The standard InChI is InChI=1S/C10H18BrNO/c1-8-4-12(6-10(8)11)5-9-2-3-13-7-9/h8-10H,2-7H2,1H3. The highest BCUT2D eigenvalue weighted by Gasteiger charge is 2.29. The molecule has 2 heterocycles. The zero-order valence-electron chi connectivity index (χ0n) is 8.21. The summed E-state index contributed by atoms with van der Waals surface area (Å²) in [5.74, 6) is 1.60. The Morgan fingerprint density at radius 3 is 2.85 bits per heavy atom. The zero-order valence-corrected chi connectivity index (χ0v) is 9.79. The van der Waals surface area contributed by atoms with E-state index in [1.54, 1.807) is 0 Å². The maximum atomic E-state index is 5.38. The number of rotatable bonds is 2. The molecule has 0 bridgehead atoms. The monoisotopic (exact) mass is 247 g/mol. The molecule has 2 aliphatic rings. The summed E-state index contributed by atoms with van der Waals surface area (Å²) in [6.07, 6.45) is 1.26. The number of hydrogen-bond donors (Lipinski definition) is 0. The average molecular weight is 248 g/mol. The summed E-state index contributed by atoms with van der Waals surface area (Å²) in [4.78, 5) is 3.28. The van der Waals surface area contributed by atoms with Crippen molar-refractivity contribution >= 4 is 15.9 Å². The average Bonchev–Trinajstić information content (AvgIpc) is 2.64. The maximum Gasteiger partial charge on any atom is 0.0507 e. The van der Waals surface area contributed by atoms with Gasteiger partial charge in [0.15, 0.2) is 0 Å². The van der Waals surface area contributed by atoms with E-state index in [0.717, 1.165) is 25.0 Å². The highest BCUT2D eigenvalue weighted by Crippen LogP contribution is 2.25. The van der Waals surface area contributed by atoms with Crippen molar-refractivity contribution in [3.05, 3.63) is 0 Å². The van der Waals surface area contributed by atoms with Crippen molar-refractivity contribution in [2.24, 2.45) is 11.8 Å². The van der Waals surface area contributed by atoms with Crippen LogP contribution in [-0.2, 0) is 4.74 Å². The molecule has 0 aliphatic carbocycles. The molecule has 2 fully saturated rings. The van der Waals surface area contributed by atoms with Gasteiger partial charge in [0, 0.05) is 31.1 Å². The van der Waals surface area contributed by atoms with Crippen LogP contribution in [0.4, 0.5) is 0 Å². The Morgan fingerprint density at radius 2 is 2.31 bits per heavy atom. The molecule has 2 saturated heterocycles. The van der Waals surface area contributed by atoms with Crippen molar-refractivity contribution in [1.29, 1.82) is 0 Å². The first-order chi connectivity index (χ1) is 6.25. The highest BCUT2D eigenvalue weighted by molar-refractivity contribution is 9.09. The van der Waals surface area contributed by atoms with Gasteiger partial charge in [-0.2, -0.15) is 0 Å². The van der Waals surface area contributed by atoms with Gasteiger partial charge >= 0.3 is 0 Å². The van der Waals surface area contributed by atoms with Crippen molar-refractivity contribution in [2.75, 3.05) is 32.8 Å². The Hall–Kier alpha value is 0.400. The molecule has 0 N–H and O–H groups in total. The van der Waals surface area contributed by atoms with Crippen molar-refractivity contribution in [3.63, 3.8) is 0 Å². The Bertz CT molecular complexity index is 160. The normalized spacial score (nSPS) is 41.5. The molecule has 0 spiro atoms. The van der Waals surface area contributed by atoms with E-state index in [9.17, 15) is 0 Å². The van der Waals surface area contributed by atoms with Crippen molar-refractivity contribution < 1.29 is 4.74 Å². The summed E-state index contributed by atoms with van der Waals surface area (Å²) in [5, 5.41) is 0. The summed E-state index contributed by atoms with van der Waals surface area (Å²) < 4.78 is 5.38. The van der Waals surface area contributed by atoms with Gasteiger partial charge in [0.1, 0.15) is 0 Å². The molecule has 13 heavy (non-hydrogen) atoms. The molecule has 3 atom stereocenters. The maximum absolute atomic E-state index is 5.38. The van der Waals surface area contributed by atoms with E-state index in [0.29, 0.717) is 4.83 Å². The van der Waals surface area contributed by atoms with Crippen LogP contribution in [0.25, 0.3) is 0 Å². The first kappa shape index (κ1) is 9.94. The highest BCUT2D eigenvalue weighted by atomic mass is 79.9. The molecule has 2 aliphatic heterocycles. The van der Waals surface area contributed by atoms with Crippen molar-refractivity contribution in [2.45, 2.75) is 18.2 Å². The fraction of sp³-hybridized carbons (Fsp3) is 1.00. The molecule has 3 unspecified atom stereocenters. The van der Waals surface area contributed by atoms with Crippen LogP contribution in [0.5, 0.6) is 0 Å². The third-order valence-corrected chi connectivity index (χ3v) is 4.33. The summed E-state index contributed by atoms with van der Waals surface area (Å²) >= 11 is 3.72. The lowest BCUT2D eigenvalue weighted by Gasteiger charge is -2.18. The number of ether oxygens (including phenoxy) is 1. The fourth-order valence-electron chi connectivity index (χ4n) is 2.26. The van der Waals surface area contributed by atoms with Gasteiger partial charge in [0.25, 0.3) is 0 Å². The van der Waals surface area contributed by atoms with E-state index in [-0.39, 0.29) is 0 Å². The number of halogens is 1. The zero-order chi connectivity index (χ0) is 9.26. The molecule has 2 rings (SSSR count). The first-order valence-electron chi connectivity index (χ1n) is 5.20. The van der Waals surface area contributed by atoms with Gasteiger partial charge in [-0.05, 0) is 18.3 Å². The van der Waals surface area contributed by atoms with Crippen LogP contribution in [0, 0.1) is 11.8 Å². The molecule has 0 aromatic carbocycles. The van der Waals surface area contributed by atoms with Gasteiger partial charge in [-0.25, -0.2) is 0 Å². The van der Waals surface area contributed by atoms with Crippen molar-refractivity contribution in [1.82, 2.24) is 4.90 Å². The molecule has 0 radical (unpaired) electrons. The van der Waals surface area contributed by atoms with E-state index < -0.39 is 0 Å². The molecule has 2 nitrogen and oxygen atoms in total. The van der Waals surface area contributed by atoms with E-state index >= 15 is 0 Å². The Morgan fingerprint density at radius 1 is 1.46 bits per heavy atom. The van der Waals surface area contributed by atoms with E-state index in [2.05, 4.69) is 27.8 Å². The summed E-state index contributed by atoms with van der Waals surface area (Å²) in [5.41, 5.74) is 0. The summed E-state index contributed by atoms with van der Waals surface area (Å²) in [6, 6.07) is 0. The van der Waals surface area contributed by atoms with Crippen LogP contribution in [0.3, 0.4) is 0 Å². The van der Waals surface area contributed by atoms with E-state index in [1.807, 2.05) is 0 Å². The predicted octanol–water partition coefficient (Wildman–Crippen LogP) is 1.74. The second-order valence-corrected chi connectivity index (χ2v) is 5.62. The minimum atomic E-state index is 0.704. The van der Waals surface area contributed by atoms with Gasteiger partial charge in [0.05, 0.1) is 6.61 Å². The smallest absolute Gasteiger partial charge is 0.0507 e. The van der Waals surface area contributed by atoms with Crippen LogP contribution in [-0.4, -0.2) is 42.6 Å². The van der Waals surface area contributed by atoms with E-state index in [4.69, 9.17) is 4.74 Å². The topological polar surface area (TPSA) is 12.5 Å². The van der Waals surface area contributed by atoms with E-state index in [1.165, 1.54) is 26.1 Å². The number of nitrogens with zero attached hydrogens (tertiary/aromatic N) is 1. The Labute approximate surface area is 88.8 Å². The molecule has 3 heteroatoms. The largest absolute Gasteiger partial charge is 0.381 e. The molecule has 0 amide bonds. The van der Waals surface area contributed by atoms with Crippen LogP contribution in [0.15, 0.2) is 0 Å². The third kappa shape index (κ3) is 2.45. The first-order valence-corrected chi connectivity index (χ1v) is 6.11.